The summed E-state index contributed by atoms with van der Waals surface area (Å²) in [6.07, 6.45) is 2.81. The zero-order chi connectivity index (χ0) is 16.4. The molecule has 0 aliphatic heterocycles. The number of hydrogen-bond acceptors (Lipinski definition) is 4. The maximum absolute atomic E-state index is 13.6. The Bertz CT molecular complexity index is 829. The van der Waals surface area contributed by atoms with E-state index in [0.717, 1.165) is 28.0 Å². The van der Waals surface area contributed by atoms with E-state index in [-0.39, 0.29) is 11.9 Å². The molecule has 1 atom stereocenters. The first-order chi connectivity index (χ1) is 11.1. The molecule has 1 aromatic carbocycles. The lowest BCUT2D eigenvalue weighted by Crippen LogP contribution is -2.19. The van der Waals surface area contributed by atoms with Gasteiger partial charge in [0.15, 0.2) is 0 Å². The first kappa shape index (κ1) is 15.5. The average Bonchev–Trinajstić information content (AvgIpc) is 2.90. The van der Waals surface area contributed by atoms with Crippen LogP contribution in [0.15, 0.2) is 41.1 Å². The van der Waals surface area contributed by atoms with Crippen molar-refractivity contribution < 1.29 is 13.5 Å². The fourth-order valence-corrected chi connectivity index (χ4v) is 2.66. The van der Waals surface area contributed by atoms with Crippen LogP contribution >= 0.6 is 0 Å². The van der Waals surface area contributed by atoms with Gasteiger partial charge in [-0.2, -0.15) is 0 Å². The molecular formula is C18H19FN2O2. The first-order valence-corrected chi connectivity index (χ1v) is 7.49. The molecule has 0 radical (unpaired) electrons. The highest BCUT2D eigenvalue weighted by Crippen LogP contribution is 2.32. The molecule has 0 saturated heterocycles. The molecular weight excluding hydrogens is 295 g/mol. The van der Waals surface area contributed by atoms with Crippen LogP contribution in [0.2, 0.25) is 0 Å². The minimum absolute atomic E-state index is 0.0408. The van der Waals surface area contributed by atoms with E-state index < -0.39 is 0 Å². The summed E-state index contributed by atoms with van der Waals surface area (Å²) in [4.78, 5) is 3.76. The van der Waals surface area contributed by atoms with Gasteiger partial charge in [0.2, 0.25) is 0 Å². The van der Waals surface area contributed by atoms with Crippen LogP contribution in [-0.2, 0) is 6.54 Å². The van der Waals surface area contributed by atoms with E-state index in [1.54, 1.807) is 19.4 Å². The van der Waals surface area contributed by atoms with Crippen molar-refractivity contribution in [1.82, 2.24) is 10.3 Å². The van der Waals surface area contributed by atoms with E-state index in [1.807, 2.05) is 32.0 Å². The standard InChI is InChI=1S/C18H19FN2O2/c1-11-15-8-14(22-3)4-5-17(15)23-18(11)12(2)21-9-13-6-7-20-10-16(13)19/h4-8,10,12,21H,9H2,1-3H3. The van der Waals surface area contributed by atoms with E-state index in [4.69, 9.17) is 9.15 Å². The molecule has 120 valence electrons. The van der Waals surface area contributed by atoms with Crippen LogP contribution < -0.4 is 10.1 Å². The molecule has 0 aliphatic rings. The molecule has 0 fully saturated rings. The zero-order valence-electron chi connectivity index (χ0n) is 13.4. The van der Waals surface area contributed by atoms with Gasteiger partial charge in [0.1, 0.15) is 22.9 Å². The predicted octanol–water partition coefficient (Wildman–Crippen LogP) is 4.13. The van der Waals surface area contributed by atoms with Crippen molar-refractivity contribution in [3.05, 3.63) is 59.4 Å². The lowest BCUT2D eigenvalue weighted by Gasteiger charge is -2.12. The highest BCUT2D eigenvalue weighted by Gasteiger charge is 2.17. The normalized spacial score (nSPS) is 12.5. The molecule has 0 amide bonds. The number of pyridine rings is 1. The fraction of sp³-hybridized carbons (Fsp3) is 0.278. The molecule has 3 aromatic rings. The van der Waals surface area contributed by atoms with Crippen LogP contribution in [0.4, 0.5) is 4.39 Å². The topological polar surface area (TPSA) is 47.3 Å². The summed E-state index contributed by atoms with van der Waals surface area (Å²) >= 11 is 0. The molecule has 1 unspecified atom stereocenters. The average molecular weight is 314 g/mol. The van der Waals surface area contributed by atoms with E-state index >= 15 is 0 Å². The Morgan fingerprint density at radius 3 is 2.91 bits per heavy atom. The Morgan fingerprint density at radius 2 is 2.17 bits per heavy atom. The van der Waals surface area contributed by atoms with E-state index in [0.29, 0.717) is 12.1 Å². The van der Waals surface area contributed by atoms with Crippen LogP contribution in [0.25, 0.3) is 11.0 Å². The summed E-state index contributed by atoms with van der Waals surface area (Å²) in [7, 11) is 1.64. The molecule has 0 aliphatic carbocycles. The van der Waals surface area contributed by atoms with E-state index in [2.05, 4.69) is 10.3 Å². The lowest BCUT2D eigenvalue weighted by molar-refractivity contribution is 0.415. The Kier molecular flexibility index (Phi) is 4.30. The number of aryl methyl sites for hydroxylation is 1. The van der Waals surface area contributed by atoms with Crippen molar-refractivity contribution >= 4 is 11.0 Å². The lowest BCUT2D eigenvalue weighted by atomic mass is 10.1. The summed E-state index contributed by atoms with van der Waals surface area (Å²) < 4.78 is 24.8. The Labute approximate surface area is 134 Å². The number of methoxy groups -OCH3 is 1. The third-order valence-corrected chi connectivity index (χ3v) is 4.03. The number of hydrogen-bond donors (Lipinski definition) is 1. The number of aromatic nitrogens is 1. The molecule has 5 heteroatoms. The Balaban J connectivity index is 1.82. The second kappa shape index (κ2) is 6.38. The van der Waals surface area contributed by atoms with Crippen LogP contribution in [-0.4, -0.2) is 12.1 Å². The van der Waals surface area contributed by atoms with Gasteiger partial charge in [0.25, 0.3) is 0 Å². The van der Waals surface area contributed by atoms with Crippen LogP contribution in [0, 0.1) is 12.7 Å². The van der Waals surface area contributed by atoms with Crippen molar-refractivity contribution in [2.24, 2.45) is 0 Å². The summed E-state index contributed by atoms with van der Waals surface area (Å²) in [5.41, 5.74) is 2.47. The van der Waals surface area contributed by atoms with Crippen molar-refractivity contribution in [3.63, 3.8) is 0 Å². The third-order valence-electron chi connectivity index (χ3n) is 4.03. The molecule has 1 N–H and O–H groups in total. The summed E-state index contributed by atoms with van der Waals surface area (Å²) in [5.74, 6) is 1.34. The minimum Gasteiger partial charge on any atom is -0.497 e. The number of rotatable bonds is 5. The van der Waals surface area contributed by atoms with Crippen molar-refractivity contribution in [3.8, 4) is 5.75 Å². The summed E-state index contributed by atoms with van der Waals surface area (Å²) in [6.45, 7) is 4.43. The Hall–Kier alpha value is -2.40. The highest BCUT2D eigenvalue weighted by atomic mass is 19.1. The second-order valence-electron chi connectivity index (χ2n) is 5.52. The fourth-order valence-electron chi connectivity index (χ4n) is 2.66. The number of nitrogens with zero attached hydrogens (tertiary/aromatic N) is 1. The molecule has 4 nitrogen and oxygen atoms in total. The van der Waals surface area contributed by atoms with Crippen LogP contribution in [0.1, 0.15) is 29.9 Å². The molecule has 2 heterocycles. The molecule has 0 saturated carbocycles. The van der Waals surface area contributed by atoms with Gasteiger partial charge < -0.3 is 14.5 Å². The van der Waals surface area contributed by atoms with Gasteiger partial charge in [-0.15, -0.1) is 0 Å². The second-order valence-corrected chi connectivity index (χ2v) is 5.52. The minimum atomic E-state index is -0.307. The van der Waals surface area contributed by atoms with Crippen molar-refractivity contribution in [1.29, 1.82) is 0 Å². The molecule has 2 aromatic heterocycles. The van der Waals surface area contributed by atoms with Crippen molar-refractivity contribution in [2.45, 2.75) is 26.4 Å². The first-order valence-electron chi connectivity index (χ1n) is 7.49. The Morgan fingerprint density at radius 1 is 1.35 bits per heavy atom. The highest BCUT2D eigenvalue weighted by molar-refractivity contribution is 5.83. The van der Waals surface area contributed by atoms with E-state index in [9.17, 15) is 4.39 Å². The zero-order valence-corrected chi connectivity index (χ0v) is 13.4. The summed E-state index contributed by atoms with van der Waals surface area (Å²) in [6, 6.07) is 7.37. The number of fused-ring (bicyclic) bond motifs is 1. The third kappa shape index (κ3) is 3.05. The molecule has 3 rings (SSSR count). The monoisotopic (exact) mass is 314 g/mol. The van der Waals surface area contributed by atoms with Crippen molar-refractivity contribution in [2.75, 3.05) is 7.11 Å². The number of nitrogens with one attached hydrogen (secondary N) is 1. The maximum atomic E-state index is 13.6. The van der Waals surface area contributed by atoms with Gasteiger partial charge >= 0.3 is 0 Å². The SMILES string of the molecule is COc1ccc2oc(C(C)NCc3ccncc3F)c(C)c2c1. The van der Waals surface area contributed by atoms with Crippen LogP contribution in [0.5, 0.6) is 5.75 Å². The largest absolute Gasteiger partial charge is 0.497 e. The predicted molar refractivity (Wildman–Crippen MR) is 87.0 cm³/mol. The van der Waals surface area contributed by atoms with Gasteiger partial charge in [-0.05, 0) is 38.1 Å². The smallest absolute Gasteiger partial charge is 0.145 e. The maximum Gasteiger partial charge on any atom is 0.145 e. The van der Waals surface area contributed by atoms with Gasteiger partial charge in [-0.3, -0.25) is 4.98 Å². The van der Waals surface area contributed by atoms with Gasteiger partial charge in [-0.25, -0.2) is 4.39 Å². The number of benzene rings is 1. The molecule has 0 spiro atoms. The number of furan rings is 1. The summed E-state index contributed by atoms with van der Waals surface area (Å²) in [5, 5.41) is 4.32. The van der Waals surface area contributed by atoms with E-state index in [1.165, 1.54) is 6.20 Å². The van der Waals surface area contributed by atoms with Gasteiger partial charge in [-0.1, -0.05) is 0 Å². The van der Waals surface area contributed by atoms with Gasteiger partial charge in [0, 0.05) is 29.3 Å². The van der Waals surface area contributed by atoms with Crippen LogP contribution in [0.3, 0.4) is 0 Å². The number of ether oxygens (including phenoxy) is 1. The molecule has 0 bridgehead atoms. The van der Waals surface area contributed by atoms with Gasteiger partial charge in [0.05, 0.1) is 19.3 Å². The molecule has 23 heavy (non-hydrogen) atoms. The number of halogens is 1. The quantitative estimate of drug-likeness (QED) is 0.769.